The van der Waals surface area contributed by atoms with Gasteiger partial charge in [-0.3, -0.25) is 4.79 Å². The van der Waals surface area contributed by atoms with E-state index in [1.165, 1.54) is 0 Å². The van der Waals surface area contributed by atoms with Crippen LogP contribution < -0.4 is 4.90 Å². The number of rotatable bonds is 4. The molecule has 1 heterocycles. The van der Waals surface area contributed by atoms with Crippen molar-refractivity contribution in [2.75, 3.05) is 4.90 Å². The summed E-state index contributed by atoms with van der Waals surface area (Å²) < 4.78 is 0. The summed E-state index contributed by atoms with van der Waals surface area (Å²) in [5, 5.41) is 10.9. The molecule has 1 N–H and O–H groups in total. The van der Waals surface area contributed by atoms with Gasteiger partial charge in [0.25, 0.3) is 0 Å². The number of nitrogens with zero attached hydrogens (tertiary/aromatic N) is 1. The van der Waals surface area contributed by atoms with Crippen molar-refractivity contribution in [3.63, 3.8) is 0 Å². The number of hydrogen-bond donors (Lipinski definition) is 1. The van der Waals surface area contributed by atoms with E-state index >= 15 is 0 Å². The molecule has 0 aliphatic carbocycles. The molecule has 0 bridgehead atoms. The van der Waals surface area contributed by atoms with Crippen LogP contribution in [-0.2, 0) is 4.79 Å². The first-order chi connectivity index (χ1) is 12.3. The SMILES string of the molecule is O=C1[C@@H]([C@@H](O)c2ccccc2)[C@@H](c2ccccc2)N1c1ccccc1. The molecule has 0 saturated carbocycles. The van der Waals surface area contributed by atoms with E-state index < -0.39 is 12.0 Å². The lowest BCUT2D eigenvalue weighted by Crippen LogP contribution is -2.57. The van der Waals surface area contributed by atoms with Crippen LogP contribution in [0, 0.1) is 5.92 Å². The number of aliphatic hydroxyl groups excluding tert-OH is 1. The first-order valence-corrected chi connectivity index (χ1v) is 8.43. The second-order valence-electron chi connectivity index (χ2n) is 6.28. The van der Waals surface area contributed by atoms with E-state index in [0.717, 1.165) is 16.8 Å². The molecule has 1 aliphatic rings. The summed E-state index contributed by atoms with van der Waals surface area (Å²) in [4.78, 5) is 14.7. The molecule has 4 rings (SSSR count). The van der Waals surface area contributed by atoms with Gasteiger partial charge in [0.05, 0.1) is 18.1 Å². The van der Waals surface area contributed by atoms with Crippen molar-refractivity contribution in [1.29, 1.82) is 0 Å². The molecule has 124 valence electrons. The van der Waals surface area contributed by atoms with Crippen LogP contribution >= 0.6 is 0 Å². The van der Waals surface area contributed by atoms with Crippen LogP contribution in [0.15, 0.2) is 91.0 Å². The third kappa shape index (κ3) is 2.73. The fraction of sp³-hybridized carbons (Fsp3) is 0.136. The van der Waals surface area contributed by atoms with Crippen molar-refractivity contribution in [1.82, 2.24) is 0 Å². The smallest absolute Gasteiger partial charge is 0.236 e. The molecule has 1 amide bonds. The van der Waals surface area contributed by atoms with E-state index in [2.05, 4.69) is 0 Å². The molecule has 0 radical (unpaired) electrons. The Hall–Kier alpha value is -2.91. The average molecular weight is 329 g/mol. The van der Waals surface area contributed by atoms with Crippen molar-refractivity contribution in [2.24, 2.45) is 5.92 Å². The van der Waals surface area contributed by atoms with Gasteiger partial charge >= 0.3 is 0 Å². The Balaban J connectivity index is 1.73. The van der Waals surface area contributed by atoms with Gasteiger partial charge in [0.15, 0.2) is 0 Å². The predicted molar refractivity (Wildman–Crippen MR) is 98.0 cm³/mol. The Labute approximate surface area is 147 Å². The summed E-state index contributed by atoms with van der Waals surface area (Å²) in [5.74, 6) is -0.526. The lowest BCUT2D eigenvalue weighted by Gasteiger charge is -2.49. The number of hydrogen-bond acceptors (Lipinski definition) is 2. The van der Waals surface area contributed by atoms with E-state index in [0.29, 0.717) is 0 Å². The Bertz CT molecular complexity index is 849. The first kappa shape index (κ1) is 15.6. The number of β-lactam (4-membered cyclic amide) rings is 1. The molecular formula is C22H19NO2. The molecule has 25 heavy (non-hydrogen) atoms. The maximum atomic E-state index is 12.9. The lowest BCUT2D eigenvalue weighted by atomic mass is 9.76. The van der Waals surface area contributed by atoms with Crippen LogP contribution in [0.5, 0.6) is 0 Å². The van der Waals surface area contributed by atoms with Crippen LogP contribution in [0.25, 0.3) is 0 Å². The topological polar surface area (TPSA) is 40.5 Å². The number of aliphatic hydroxyl groups is 1. The van der Waals surface area contributed by atoms with Gasteiger partial charge in [-0.25, -0.2) is 0 Å². The minimum absolute atomic E-state index is 0.0450. The Morgan fingerprint density at radius 1 is 0.760 bits per heavy atom. The number of benzene rings is 3. The Morgan fingerprint density at radius 3 is 1.88 bits per heavy atom. The van der Waals surface area contributed by atoms with Gasteiger partial charge in [0.1, 0.15) is 0 Å². The molecule has 1 aliphatic heterocycles. The maximum Gasteiger partial charge on any atom is 0.236 e. The van der Waals surface area contributed by atoms with Crippen molar-refractivity contribution in [2.45, 2.75) is 12.1 Å². The highest BCUT2D eigenvalue weighted by Crippen LogP contribution is 2.48. The quantitative estimate of drug-likeness (QED) is 0.731. The highest BCUT2D eigenvalue weighted by Gasteiger charge is 2.52. The van der Waals surface area contributed by atoms with Gasteiger partial charge in [-0.15, -0.1) is 0 Å². The van der Waals surface area contributed by atoms with Gasteiger partial charge in [-0.2, -0.15) is 0 Å². The number of anilines is 1. The summed E-state index contributed by atoms with van der Waals surface area (Å²) in [6, 6.07) is 28.8. The molecule has 3 aromatic carbocycles. The molecule has 3 aromatic rings. The van der Waals surface area contributed by atoms with Gasteiger partial charge < -0.3 is 10.0 Å². The van der Waals surface area contributed by atoms with Gasteiger partial charge in [-0.1, -0.05) is 78.9 Å². The maximum absolute atomic E-state index is 12.9. The lowest BCUT2D eigenvalue weighted by molar-refractivity contribution is -0.136. The van der Waals surface area contributed by atoms with Crippen LogP contribution in [0.4, 0.5) is 5.69 Å². The van der Waals surface area contributed by atoms with Crippen molar-refractivity contribution >= 4 is 11.6 Å². The van der Waals surface area contributed by atoms with Crippen LogP contribution in [0.1, 0.15) is 23.3 Å². The number of amides is 1. The van der Waals surface area contributed by atoms with E-state index in [4.69, 9.17) is 0 Å². The normalized spacial score (nSPS) is 20.8. The number of carbonyl (C=O) groups excluding carboxylic acids is 1. The highest BCUT2D eigenvalue weighted by atomic mass is 16.3. The van der Waals surface area contributed by atoms with Gasteiger partial charge in [0.2, 0.25) is 5.91 Å². The summed E-state index contributed by atoms with van der Waals surface area (Å²) in [6.45, 7) is 0. The summed E-state index contributed by atoms with van der Waals surface area (Å²) >= 11 is 0. The second kappa shape index (κ2) is 6.54. The van der Waals surface area contributed by atoms with E-state index in [1.54, 1.807) is 4.90 Å². The molecule has 3 nitrogen and oxygen atoms in total. The Kier molecular flexibility index (Phi) is 4.08. The molecule has 3 heteroatoms. The standard InChI is InChI=1S/C22H19NO2/c24-21(17-12-6-2-7-13-17)19-20(16-10-4-1-5-11-16)23(22(19)25)18-14-8-3-9-15-18/h1-15,19-21,24H/t19-,20-,21+/m1/s1. The predicted octanol–water partition coefficient (Wildman–Crippen LogP) is 4.12. The van der Waals surface area contributed by atoms with Crippen molar-refractivity contribution < 1.29 is 9.90 Å². The van der Waals surface area contributed by atoms with Gasteiger partial charge in [-0.05, 0) is 23.3 Å². The van der Waals surface area contributed by atoms with E-state index in [9.17, 15) is 9.90 Å². The summed E-state index contributed by atoms with van der Waals surface area (Å²) in [6.07, 6.45) is -0.820. The molecule has 1 saturated heterocycles. The van der Waals surface area contributed by atoms with Crippen LogP contribution in [-0.4, -0.2) is 11.0 Å². The fourth-order valence-electron chi connectivity index (χ4n) is 3.56. The third-order valence-electron chi connectivity index (χ3n) is 4.80. The third-order valence-corrected chi connectivity index (χ3v) is 4.80. The number of para-hydroxylation sites is 1. The van der Waals surface area contributed by atoms with Gasteiger partial charge in [0, 0.05) is 5.69 Å². The molecule has 0 spiro atoms. The zero-order valence-corrected chi connectivity index (χ0v) is 13.7. The zero-order chi connectivity index (χ0) is 17.2. The van der Waals surface area contributed by atoms with Crippen LogP contribution in [0.2, 0.25) is 0 Å². The van der Waals surface area contributed by atoms with E-state index in [1.807, 2.05) is 91.0 Å². The molecular weight excluding hydrogens is 310 g/mol. The molecule has 0 unspecified atom stereocenters. The molecule has 1 fully saturated rings. The zero-order valence-electron chi connectivity index (χ0n) is 13.7. The minimum Gasteiger partial charge on any atom is -0.387 e. The van der Waals surface area contributed by atoms with Crippen molar-refractivity contribution in [3.05, 3.63) is 102 Å². The first-order valence-electron chi connectivity index (χ1n) is 8.43. The number of carbonyl (C=O) groups is 1. The Morgan fingerprint density at radius 2 is 1.28 bits per heavy atom. The minimum atomic E-state index is -0.820. The molecule has 0 aromatic heterocycles. The van der Waals surface area contributed by atoms with Crippen molar-refractivity contribution in [3.8, 4) is 0 Å². The fourth-order valence-corrected chi connectivity index (χ4v) is 3.56. The average Bonchev–Trinajstić information content (AvgIpc) is 2.68. The largest absolute Gasteiger partial charge is 0.387 e. The second-order valence-corrected chi connectivity index (χ2v) is 6.28. The summed E-state index contributed by atoms with van der Waals surface area (Å²) in [7, 11) is 0. The summed E-state index contributed by atoms with van der Waals surface area (Å²) in [5.41, 5.74) is 2.67. The van der Waals surface area contributed by atoms with E-state index in [-0.39, 0.29) is 11.9 Å². The monoisotopic (exact) mass is 329 g/mol. The molecule has 3 atom stereocenters. The van der Waals surface area contributed by atoms with Crippen LogP contribution in [0.3, 0.4) is 0 Å². The highest BCUT2D eigenvalue weighted by molar-refractivity contribution is 6.03.